The Kier molecular flexibility index (Phi) is 5.09. The molecule has 0 bridgehead atoms. The molecule has 0 N–H and O–H groups in total. The van der Waals surface area contributed by atoms with E-state index < -0.39 is 6.43 Å². The molecule has 1 aromatic carbocycles. The lowest BCUT2D eigenvalue weighted by molar-refractivity contribution is 0.150. The Hall–Kier alpha value is 0.1000. The van der Waals surface area contributed by atoms with Crippen molar-refractivity contribution in [1.29, 1.82) is 0 Å². The SMILES string of the molecule is FC(F)c1ccc(I)cc1CCCCl. The molecule has 0 saturated heterocycles. The van der Waals surface area contributed by atoms with Crippen LogP contribution in [-0.4, -0.2) is 5.88 Å². The maximum atomic E-state index is 12.6. The monoisotopic (exact) mass is 330 g/mol. The Morgan fingerprint density at radius 2 is 2.07 bits per heavy atom. The lowest BCUT2D eigenvalue weighted by Crippen LogP contribution is -1.96. The fourth-order valence-electron chi connectivity index (χ4n) is 1.26. The highest BCUT2D eigenvalue weighted by Crippen LogP contribution is 2.25. The van der Waals surface area contributed by atoms with Gasteiger partial charge in [0.05, 0.1) is 0 Å². The van der Waals surface area contributed by atoms with Crippen LogP contribution in [0.1, 0.15) is 24.0 Å². The van der Waals surface area contributed by atoms with Gasteiger partial charge in [0.2, 0.25) is 0 Å². The molecule has 0 heterocycles. The lowest BCUT2D eigenvalue weighted by atomic mass is 10.0. The van der Waals surface area contributed by atoms with Crippen molar-refractivity contribution in [3.05, 3.63) is 32.9 Å². The number of alkyl halides is 3. The smallest absolute Gasteiger partial charge is 0.205 e. The van der Waals surface area contributed by atoms with E-state index in [0.29, 0.717) is 17.9 Å². The fourth-order valence-corrected chi connectivity index (χ4v) is 1.95. The number of hydrogen-bond donors (Lipinski definition) is 0. The predicted molar refractivity (Wildman–Crippen MR) is 63.2 cm³/mol. The predicted octanol–water partition coefficient (Wildman–Crippen LogP) is 4.40. The third-order valence-electron chi connectivity index (χ3n) is 1.92. The molecule has 0 aliphatic rings. The summed E-state index contributed by atoms with van der Waals surface area (Å²) in [6.07, 6.45) is -1.03. The van der Waals surface area contributed by atoms with Gasteiger partial charge in [0.1, 0.15) is 0 Å². The molecule has 0 spiro atoms. The van der Waals surface area contributed by atoms with Crippen LogP contribution in [0.5, 0.6) is 0 Å². The molecule has 0 aromatic heterocycles. The molecule has 0 saturated carbocycles. The first kappa shape index (κ1) is 12.2. The van der Waals surface area contributed by atoms with Crippen LogP contribution < -0.4 is 0 Å². The minimum absolute atomic E-state index is 0.135. The van der Waals surface area contributed by atoms with E-state index in [-0.39, 0.29) is 5.56 Å². The molecule has 4 heteroatoms. The van der Waals surface area contributed by atoms with Crippen molar-refractivity contribution in [3.63, 3.8) is 0 Å². The maximum absolute atomic E-state index is 12.6. The summed E-state index contributed by atoms with van der Waals surface area (Å²) in [5, 5.41) is 0. The van der Waals surface area contributed by atoms with Crippen LogP contribution in [-0.2, 0) is 6.42 Å². The van der Waals surface area contributed by atoms with E-state index in [1.165, 1.54) is 6.07 Å². The van der Waals surface area contributed by atoms with Crippen molar-refractivity contribution in [1.82, 2.24) is 0 Å². The topological polar surface area (TPSA) is 0 Å². The van der Waals surface area contributed by atoms with Crippen LogP contribution in [0.3, 0.4) is 0 Å². The van der Waals surface area contributed by atoms with Crippen LogP contribution in [0.2, 0.25) is 0 Å². The van der Waals surface area contributed by atoms with E-state index >= 15 is 0 Å². The number of benzene rings is 1. The van der Waals surface area contributed by atoms with Gasteiger partial charge >= 0.3 is 0 Å². The average molecular weight is 331 g/mol. The first-order valence-electron chi connectivity index (χ1n) is 4.27. The molecule has 0 amide bonds. The lowest BCUT2D eigenvalue weighted by Gasteiger charge is -2.08. The Balaban J connectivity index is 2.91. The Bertz CT molecular complexity index is 302. The van der Waals surface area contributed by atoms with Gasteiger partial charge in [-0.2, -0.15) is 0 Å². The van der Waals surface area contributed by atoms with Gasteiger partial charge < -0.3 is 0 Å². The minimum Gasteiger partial charge on any atom is -0.205 e. The summed E-state index contributed by atoms with van der Waals surface area (Å²) < 4.78 is 26.1. The van der Waals surface area contributed by atoms with Gasteiger partial charge in [-0.05, 0) is 53.1 Å². The van der Waals surface area contributed by atoms with E-state index in [9.17, 15) is 8.78 Å². The summed E-state index contributed by atoms with van der Waals surface area (Å²) in [4.78, 5) is 0. The highest BCUT2D eigenvalue weighted by atomic mass is 127. The molecular weight excluding hydrogens is 320 g/mol. The molecule has 0 fully saturated rings. The number of halogens is 4. The second-order valence-corrected chi connectivity index (χ2v) is 4.56. The van der Waals surface area contributed by atoms with Crippen molar-refractivity contribution in [3.8, 4) is 0 Å². The largest absolute Gasteiger partial charge is 0.264 e. The molecular formula is C10H10ClF2I. The number of aryl methyl sites for hydroxylation is 1. The number of rotatable bonds is 4. The Morgan fingerprint density at radius 3 is 2.64 bits per heavy atom. The third-order valence-corrected chi connectivity index (χ3v) is 2.86. The molecule has 0 aliphatic heterocycles. The van der Waals surface area contributed by atoms with E-state index in [1.54, 1.807) is 12.1 Å². The zero-order chi connectivity index (χ0) is 10.6. The van der Waals surface area contributed by atoms with Gasteiger partial charge in [0.25, 0.3) is 6.43 Å². The molecule has 0 unspecified atom stereocenters. The summed E-state index contributed by atoms with van der Waals surface area (Å²) in [7, 11) is 0. The summed E-state index contributed by atoms with van der Waals surface area (Å²) in [6.45, 7) is 0. The summed E-state index contributed by atoms with van der Waals surface area (Å²) >= 11 is 7.65. The van der Waals surface area contributed by atoms with Crippen molar-refractivity contribution in [2.24, 2.45) is 0 Å². The van der Waals surface area contributed by atoms with Crippen LogP contribution in [0, 0.1) is 3.57 Å². The fraction of sp³-hybridized carbons (Fsp3) is 0.400. The summed E-state index contributed by atoms with van der Waals surface area (Å²) in [5.41, 5.74) is 0.850. The van der Waals surface area contributed by atoms with Gasteiger partial charge in [-0.25, -0.2) is 8.78 Å². The second-order valence-electron chi connectivity index (χ2n) is 2.94. The zero-order valence-electron chi connectivity index (χ0n) is 7.44. The van der Waals surface area contributed by atoms with Crippen LogP contribution in [0.4, 0.5) is 8.78 Å². The molecule has 1 rings (SSSR count). The van der Waals surface area contributed by atoms with Crippen LogP contribution in [0.25, 0.3) is 0 Å². The molecule has 1 aromatic rings. The van der Waals surface area contributed by atoms with Gasteiger partial charge in [-0.3, -0.25) is 0 Å². The highest BCUT2D eigenvalue weighted by Gasteiger charge is 2.12. The molecule has 14 heavy (non-hydrogen) atoms. The quantitative estimate of drug-likeness (QED) is 0.567. The summed E-state index contributed by atoms with van der Waals surface area (Å²) in [6, 6.07) is 5.00. The minimum atomic E-state index is -2.39. The van der Waals surface area contributed by atoms with Gasteiger partial charge in [0, 0.05) is 15.0 Å². The molecule has 78 valence electrons. The van der Waals surface area contributed by atoms with Crippen molar-refractivity contribution in [2.45, 2.75) is 19.3 Å². The normalized spacial score (nSPS) is 10.9. The van der Waals surface area contributed by atoms with Gasteiger partial charge in [-0.15, -0.1) is 11.6 Å². The Labute approximate surface area is 101 Å². The second kappa shape index (κ2) is 5.85. The molecule has 0 nitrogen and oxygen atoms in total. The first-order chi connectivity index (χ1) is 6.65. The number of hydrogen-bond acceptors (Lipinski definition) is 0. The average Bonchev–Trinajstić information content (AvgIpc) is 2.14. The van der Waals surface area contributed by atoms with E-state index in [0.717, 1.165) is 9.99 Å². The van der Waals surface area contributed by atoms with Crippen molar-refractivity contribution < 1.29 is 8.78 Å². The van der Waals surface area contributed by atoms with Gasteiger partial charge in [0.15, 0.2) is 0 Å². The van der Waals surface area contributed by atoms with E-state index in [1.807, 2.05) is 0 Å². The Morgan fingerprint density at radius 1 is 1.36 bits per heavy atom. The molecule has 0 atom stereocenters. The van der Waals surface area contributed by atoms with Crippen LogP contribution >= 0.6 is 34.2 Å². The highest BCUT2D eigenvalue weighted by molar-refractivity contribution is 14.1. The summed E-state index contributed by atoms with van der Waals surface area (Å²) in [5.74, 6) is 0.508. The van der Waals surface area contributed by atoms with Crippen LogP contribution in [0.15, 0.2) is 18.2 Å². The van der Waals surface area contributed by atoms with Gasteiger partial charge in [-0.1, -0.05) is 6.07 Å². The molecule has 0 aliphatic carbocycles. The standard InChI is InChI=1S/C10H10ClF2I/c11-5-1-2-7-6-8(14)3-4-9(7)10(12)13/h3-4,6,10H,1-2,5H2. The zero-order valence-corrected chi connectivity index (χ0v) is 10.4. The van der Waals surface area contributed by atoms with E-state index in [4.69, 9.17) is 11.6 Å². The van der Waals surface area contributed by atoms with Crippen molar-refractivity contribution >= 4 is 34.2 Å². The molecule has 0 radical (unpaired) electrons. The third kappa shape index (κ3) is 3.35. The first-order valence-corrected chi connectivity index (χ1v) is 5.89. The van der Waals surface area contributed by atoms with E-state index in [2.05, 4.69) is 22.6 Å². The maximum Gasteiger partial charge on any atom is 0.264 e. The van der Waals surface area contributed by atoms with Crippen molar-refractivity contribution in [2.75, 3.05) is 5.88 Å².